The lowest BCUT2D eigenvalue weighted by Gasteiger charge is -2.09. The first-order valence-electron chi connectivity index (χ1n) is 5.55. The lowest BCUT2D eigenvalue weighted by atomic mass is 10.2. The molecular formula is C13H14BrNO3. The molecule has 1 heterocycles. The van der Waals surface area contributed by atoms with Crippen molar-refractivity contribution in [2.45, 2.75) is 0 Å². The molecule has 0 fully saturated rings. The maximum absolute atomic E-state index is 5.53. The second kappa shape index (κ2) is 6.68. The highest BCUT2D eigenvalue weighted by Gasteiger charge is 2.04. The van der Waals surface area contributed by atoms with E-state index >= 15 is 0 Å². The summed E-state index contributed by atoms with van der Waals surface area (Å²) in [6.07, 6.45) is 1.76. The van der Waals surface area contributed by atoms with E-state index in [9.17, 15) is 0 Å². The predicted molar refractivity (Wildman–Crippen MR) is 72.8 cm³/mol. The maximum Gasteiger partial charge on any atom is 0.189 e. The first kappa shape index (κ1) is 13.3. The number of halogens is 1. The molecular weight excluding hydrogens is 298 g/mol. The van der Waals surface area contributed by atoms with Crippen molar-refractivity contribution in [3.8, 4) is 5.75 Å². The van der Waals surface area contributed by atoms with Crippen LogP contribution in [0.3, 0.4) is 0 Å². The van der Waals surface area contributed by atoms with Crippen molar-refractivity contribution in [2.24, 2.45) is 0 Å². The lowest BCUT2D eigenvalue weighted by molar-refractivity contribution is -0.00873. The number of pyridine rings is 1. The standard InChI is InChI=1S/C13H14BrNO3/c1-16-5-6-17-9-18-13-8-12-10(7-11(13)14)3-2-4-15-12/h2-4,7-8H,5-6,9H2,1H3. The van der Waals surface area contributed by atoms with Gasteiger partial charge in [0.1, 0.15) is 5.75 Å². The molecule has 96 valence electrons. The average molecular weight is 312 g/mol. The van der Waals surface area contributed by atoms with Crippen LogP contribution in [0.5, 0.6) is 5.75 Å². The summed E-state index contributed by atoms with van der Waals surface area (Å²) in [5.41, 5.74) is 0.896. The minimum absolute atomic E-state index is 0.195. The van der Waals surface area contributed by atoms with Crippen LogP contribution in [0.25, 0.3) is 10.9 Å². The monoisotopic (exact) mass is 311 g/mol. The summed E-state index contributed by atoms with van der Waals surface area (Å²) in [7, 11) is 1.63. The van der Waals surface area contributed by atoms with E-state index in [0.29, 0.717) is 13.2 Å². The van der Waals surface area contributed by atoms with E-state index in [2.05, 4.69) is 20.9 Å². The predicted octanol–water partition coefficient (Wildman–Crippen LogP) is 3.00. The van der Waals surface area contributed by atoms with Gasteiger partial charge >= 0.3 is 0 Å². The zero-order valence-electron chi connectivity index (χ0n) is 10.1. The summed E-state index contributed by atoms with van der Waals surface area (Å²) in [4.78, 5) is 4.28. The van der Waals surface area contributed by atoms with Gasteiger partial charge in [0.25, 0.3) is 0 Å². The molecule has 0 aliphatic carbocycles. The van der Waals surface area contributed by atoms with Gasteiger partial charge in [-0.25, -0.2) is 0 Å². The van der Waals surface area contributed by atoms with Gasteiger partial charge in [0.05, 0.1) is 23.2 Å². The van der Waals surface area contributed by atoms with Gasteiger partial charge in [-0.3, -0.25) is 4.98 Å². The Kier molecular flexibility index (Phi) is 4.92. The van der Waals surface area contributed by atoms with Crippen molar-refractivity contribution in [1.29, 1.82) is 0 Å². The fraction of sp³-hybridized carbons (Fsp3) is 0.308. The van der Waals surface area contributed by atoms with Gasteiger partial charge in [-0.1, -0.05) is 6.07 Å². The molecule has 0 radical (unpaired) electrons. The van der Waals surface area contributed by atoms with Crippen LogP contribution in [0, 0.1) is 0 Å². The molecule has 1 aromatic heterocycles. The van der Waals surface area contributed by atoms with E-state index in [0.717, 1.165) is 21.1 Å². The summed E-state index contributed by atoms with van der Waals surface area (Å²) < 4.78 is 16.5. The minimum Gasteiger partial charge on any atom is -0.466 e. The molecule has 0 saturated heterocycles. The van der Waals surface area contributed by atoms with Gasteiger partial charge < -0.3 is 14.2 Å². The maximum atomic E-state index is 5.53. The second-order valence-electron chi connectivity index (χ2n) is 3.64. The van der Waals surface area contributed by atoms with Gasteiger partial charge in [0.15, 0.2) is 6.79 Å². The molecule has 0 spiro atoms. The molecule has 18 heavy (non-hydrogen) atoms. The van der Waals surface area contributed by atoms with Crippen molar-refractivity contribution < 1.29 is 14.2 Å². The number of nitrogens with zero attached hydrogens (tertiary/aromatic N) is 1. The van der Waals surface area contributed by atoms with Crippen LogP contribution < -0.4 is 4.74 Å². The number of fused-ring (bicyclic) bond motifs is 1. The third kappa shape index (κ3) is 3.41. The smallest absolute Gasteiger partial charge is 0.189 e. The van der Waals surface area contributed by atoms with Gasteiger partial charge in [-0.15, -0.1) is 0 Å². The normalized spacial score (nSPS) is 10.8. The van der Waals surface area contributed by atoms with Crippen molar-refractivity contribution in [1.82, 2.24) is 4.98 Å². The minimum atomic E-state index is 0.195. The van der Waals surface area contributed by atoms with Crippen LogP contribution in [0.2, 0.25) is 0 Å². The zero-order valence-corrected chi connectivity index (χ0v) is 11.6. The van der Waals surface area contributed by atoms with E-state index in [1.54, 1.807) is 13.3 Å². The number of methoxy groups -OCH3 is 1. The third-order valence-electron chi connectivity index (χ3n) is 2.39. The van der Waals surface area contributed by atoms with Crippen LogP contribution in [0.15, 0.2) is 34.9 Å². The molecule has 0 bridgehead atoms. The van der Waals surface area contributed by atoms with Crippen molar-refractivity contribution >= 4 is 26.8 Å². The molecule has 4 nitrogen and oxygen atoms in total. The molecule has 0 atom stereocenters. The Balaban J connectivity index is 2.01. The molecule has 0 aliphatic heterocycles. The highest BCUT2D eigenvalue weighted by Crippen LogP contribution is 2.29. The molecule has 1 aromatic carbocycles. The summed E-state index contributed by atoms with van der Waals surface area (Å²) >= 11 is 3.47. The molecule has 0 unspecified atom stereocenters. The Morgan fingerprint density at radius 2 is 2.17 bits per heavy atom. The van der Waals surface area contributed by atoms with Crippen LogP contribution >= 0.6 is 15.9 Å². The largest absolute Gasteiger partial charge is 0.466 e. The average Bonchev–Trinajstić information content (AvgIpc) is 2.39. The van der Waals surface area contributed by atoms with E-state index in [-0.39, 0.29) is 6.79 Å². The summed E-state index contributed by atoms with van der Waals surface area (Å²) in [6, 6.07) is 7.78. The van der Waals surface area contributed by atoms with Crippen LogP contribution in [0.4, 0.5) is 0 Å². The van der Waals surface area contributed by atoms with E-state index < -0.39 is 0 Å². The van der Waals surface area contributed by atoms with Gasteiger partial charge in [0, 0.05) is 24.8 Å². The zero-order chi connectivity index (χ0) is 12.8. The van der Waals surface area contributed by atoms with E-state index in [4.69, 9.17) is 14.2 Å². The Hall–Kier alpha value is -1.17. The van der Waals surface area contributed by atoms with E-state index in [1.165, 1.54) is 0 Å². The molecule has 0 amide bonds. The summed E-state index contributed by atoms with van der Waals surface area (Å²) in [5.74, 6) is 0.721. The molecule has 0 aliphatic rings. The fourth-order valence-corrected chi connectivity index (χ4v) is 1.97. The molecule has 5 heteroatoms. The molecule has 2 rings (SSSR count). The number of ether oxygens (including phenoxy) is 3. The first-order valence-corrected chi connectivity index (χ1v) is 6.34. The number of hydrogen-bond acceptors (Lipinski definition) is 4. The molecule has 0 N–H and O–H groups in total. The number of hydrogen-bond donors (Lipinski definition) is 0. The Labute approximate surface area is 114 Å². The highest BCUT2D eigenvalue weighted by atomic mass is 79.9. The third-order valence-corrected chi connectivity index (χ3v) is 3.01. The Morgan fingerprint density at radius 1 is 1.28 bits per heavy atom. The number of aromatic nitrogens is 1. The van der Waals surface area contributed by atoms with Crippen LogP contribution in [-0.2, 0) is 9.47 Å². The number of benzene rings is 1. The van der Waals surface area contributed by atoms with Crippen molar-refractivity contribution in [3.05, 3.63) is 34.9 Å². The van der Waals surface area contributed by atoms with Gasteiger partial charge in [0.2, 0.25) is 0 Å². The fourth-order valence-electron chi connectivity index (χ4n) is 1.49. The van der Waals surface area contributed by atoms with Gasteiger partial charge in [-0.05, 0) is 28.1 Å². The number of rotatable bonds is 6. The summed E-state index contributed by atoms with van der Waals surface area (Å²) in [6.45, 7) is 1.27. The quantitative estimate of drug-likeness (QED) is 0.607. The SMILES string of the molecule is COCCOCOc1cc2ncccc2cc1Br. The van der Waals surface area contributed by atoms with Gasteiger partial charge in [-0.2, -0.15) is 0 Å². The Bertz CT molecular complexity index is 519. The lowest BCUT2D eigenvalue weighted by Crippen LogP contribution is -2.08. The second-order valence-corrected chi connectivity index (χ2v) is 4.50. The molecule has 0 saturated carbocycles. The van der Waals surface area contributed by atoms with E-state index in [1.807, 2.05) is 24.3 Å². The highest BCUT2D eigenvalue weighted by molar-refractivity contribution is 9.10. The topological polar surface area (TPSA) is 40.6 Å². The van der Waals surface area contributed by atoms with Crippen LogP contribution in [0.1, 0.15) is 0 Å². The molecule has 2 aromatic rings. The van der Waals surface area contributed by atoms with Crippen molar-refractivity contribution in [3.63, 3.8) is 0 Å². The van der Waals surface area contributed by atoms with Crippen molar-refractivity contribution in [2.75, 3.05) is 27.1 Å². The first-order chi connectivity index (χ1) is 8.81. The van der Waals surface area contributed by atoms with Crippen LogP contribution in [-0.4, -0.2) is 32.1 Å². The summed E-state index contributed by atoms with van der Waals surface area (Å²) in [5, 5.41) is 1.07. The Morgan fingerprint density at radius 3 is 3.00 bits per heavy atom.